The number of hydrogen-bond acceptors (Lipinski definition) is 4. The molecule has 1 saturated heterocycles. The Morgan fingerprint density at radius 2 is 1.90 bits per heavy atom. The first-order valence-corrected chi connectivity index (χ1v) is 9.38. The number of rotatable bonds is 5. The van der Waals surface area contributed by atoms with Crippen molar-refractivity contribution < 1.29 is 8.42 Å². The first-order chi connectivity index (χ1) is 9.98. The molecule has 0 saturated carbocycles. The van der Waals surface area contributed by atoms with E-state index in [4.69, 9.17) is 0 Å². The number of hydrogen-bond donors (Lipinski definition) is 1. The molecule has 1 aliphatic rings. The first kappa shape index (κ1) is 16.9. The van der Waals surface area contributed by atoms with Gasteiger partial charge in [-0.2, -0.15) is 4.31 Å². The van der Waals surface area contributed by atoms with E-state index in [1.165, 1.54) is 0 Å². The van der Waals surface area contributed by atoms with E-state index in [0.717, 1.165) is 25.2 Å². The summed E-state index contributed by atoms with van der Waals surface area (Å²) in [4.78, 5) is 2.61. The number of sulfonamides is 1. The molecule has 0 atom stereocenters. The third-order valence-corrected chi connectivity index (χ3v) is 6.65. The molecule has 0 radical (unpaired) electrons. The molecular formula is C14H22BrN3O2S. The highest BCUT2D eigenvalue weighted by Gasteiger charge is 2.29. The van der Waals surface area contributed by atoms with E-state index in [1.807, 2.05) is 19.2 Å². The highest BCUT2D eigenvalue weighted by atomic mass is 79.9. The average Bonchev–Trinajstić information content (AvgIpc) is 2.47. The van der Waals surface area contributed by atoms with Crippen molar-refractivity contribution in [3.63, 3.8) is 0 Å². The second-order valence-corrected chi connectivity index (χ2v) is 7.89. The van der Waals surface area contributed by atoms with Crippen LogP contribution in [0.2, 0.25) is 0 Å². The number of nitrogens with zero attached hydrogens (tertiary/aromatic N) is 2. The fourth-order valence-electron chi connectivity index (χ4n) is 2.49. The molecule has 5 nitrogen and oxygen atoms in total. The van der Waals surface area contributed by atoms with Crippen LogP contribution in [0.15, 0.2) is 27.6 Å². The summed E-state index contributed by atoms with van der Waals surface area (Å²) in [5, 5.41) is 3.06. The van der Waals surface area contributed by atoms with E-state index in [0.29, 0.717) is 29.0 Å². The molecule has 0 spiro atoms. The zero-order valence-corrected chi connectivity index (χ0v) is 14.9. The van der Waals surface area contributed by atoms with Gasteiger partial charge < -0.3 is 10.2 Å². The predicted octanol–water partition coefficient (Wildman–Crippen LogP) is 1.49. The molecule has 1 aromatic carbocycles. The van der Waals surface area contributed by atoms with Crippen molar-refractivity contribution in [3.8, 4) is 0 Å². The standard InChI is InChI=1S/C14H22BrN3O2S/c1-3-17-6-8-18(9-7-17)21(19,20)14-5-4-12(11-16-2)10-13(14)15/h4-5,10,16H,3,6-9,11H2,1-2H3. The van der Waals surface area contributed by atoms with Crippen LogP contribution in [0.5, 0.6) is 0 Å². The molecule has 1 aromatic rings. The van der Waals surface area contributed by atoms with Crippen LogP contribution in [0.25, 0.3) is 0 Å². The maximum atomic E-state index is 12.7. The van der Waals surface area contributed by atoms with Crippen LogP contribution in [0.3, 0.4) is 0 Å². The number of halogens is 1. The van der Waals surface area contributed by atoms with Crippen molar-refractivity contribution in [1.29, 1.82) is 0 Å². The molecule has 2 rings (SSSR count). The Morgan fingerprint density at radius 1 is 1.24 bits per heavy atom. The zero-order chi connectivity index (χ0) is 15.5. The lowest BCUT2D eigenvalue weighted by molar-refractivity contribution is 0.196. The Balaban J connectivity index is 2.20. The maximum Gasteiger partial charge on any atom is 0.244 e. The van der Waals surface area contributed by atoms with Crippen LogP contribution in [-0.4, -0.2) is 57.4 Å². The minimum Gasteiger partial charge on any atom is -0.316 e. The average molecular weight is 376 g/mol. The highest BCUT2D eigenvalue weighted by Crippen LogP contribution is 2.27. The topological polar surface area (TPSA) is 52.7 Å². The van der Waals surface area contributed by atoms with Gasteiger partial charge in [-0.25, -0.2) is 8.42 Å². The summed E-state index contributed by atoms with van der Waals surface area (Å²) in [5.74, 6) is 0. The van der Waals surface area contributed by atoms with Gasteiger partial charge in [0.25, 0.3) is 0 Å². The van der Waals surface area contributed by atoms with Crippen molar-refractivity contribution >= 4 is 26.0 Å². The molecule has 0 amide bonds. The minimum atomic E-state index is -3.42. The largest absolute Gasteiger partial charge is 0.316 e. The molecule has 1 N–H and O–H groups in total. The van der Waals surface area contributed by atoms with Crippen LogP contribution in [0.4, 0.5) is 0 Å². The Bertz CT molecular complexity index is 584. The van der Waals surface area contributed by atoms with Crippen molar-refractivity contribution in [2.24, 2.45) is 0 Å². The third kappa shape index (κ3) is 3.84. The van der Waals surface area contributed by atoms with Gasteiger partial charge >= 0.3 is 0 Å². The summed E-state index contributed by atoms with van der Waals surface area (Å²) in [6.45, 7) is 6.49. The van der Waals surface area contributed by atoms with E-state index in [1.54, 1.807) is 10.4 Å². The lowest BCUT2D eigenvalue weighted by Crippen LogP contribution is -2.48. The van der Waals surface area contributed by atoms with Crippen molar-refractivity contribution in [1.82, 2.24) is 14.5 Å². The quantitative estimate of drug-likeness (QED) is 0.846. The molecular weight excluding hydrogens is 354 g/mol. The first-order valence-electron chi connectivity index (χ1n) is 7.14. The fourth-order valence-corrected chi connectivity index (χ4v) is 5.00. The number of nitrogens with one attached hydrogen (secondary N) is 1. The molecule has 0 aliphatic carbocycles. The van der Waals surface area contributed by atoms with Gasteiger partial charge in [-0.3, -0.25) is 0 Å². The van der Waals surface area contributed by atoms with Crippen LogP contribution in [0.1, 0.15) is 12.5 Å². The predicted molar refractivity (Wildman–Crippen MR) is 87.8 cm³/mol. The summed E-state index contributed by atoms with van der Waals surface area (Å²) >= 11 is 3.40. The lowest BCUT2D eigenvalue weighted by atomic mass is 10.2. The maximum absolute atomic E-state index is 12.7. The number of likely N-dealkylation sites (N-methyl/N-ethyl adjacent to an activating group) is 1. The second-order valence-electron chi connectivity index (χ2n) is 5.13. The van der Waals surface area contributed by atoms with Gasteiger partial charge in [0.15, 0.2) is 0 Å². The van der Waals surface area contributed by atoms with Crippen molar-refractivity contribution in [2.45, 2.75) is 18.4 Å². The van der Waals surface area contributed by atoms with Gasteiger partial charge in [0.2, 0.25) is 10.0 Å². The van der Waals surface area contributed by atoms with Crippen LogP contribution >= 0.6 is 15.9 Å². The summed E-state index contributed by atoms with van der Waals surface area (Å²) < 4.78 is 27.7. The summed E-state index contributed by atoms with van der Waals surface area (Å²) in [7, 11) is -1.55. The van der Waals surface area contributed by atoms with Gasteiger partial charge in [-0.15, -0.1) is 0 Å². The highest BCUT2D eigenvalue weighted by molar-refractivity contribution is 9.10. The normalized spacial score (nSPS) is 18.0. The molecule has 118 valence electrons. The Labute approximate surface area is 135 Å². The van der Waals surface area contributed by atoms with E-state index >= 15 is 0 Å². The number of piperazine rings is 1. The van der Waals surface area contributed by atoms with E-state index < -0.39 is 10.0 Å². The molecule has 1 aliphatic heterocycles. The van der Waals surface area contributed by atoms with Gasteiger partial charge in [0.05, 0.1) is 4.90 Å². The number of benzene rings is 1. The molecule has 21 heavy (non-hydrogen) atoms. The summed E-state index contributed by atoms with van der Waals surface area (Å²) in [5.41, 5.74) is 1.05. The summed E-state index contributed by atoms with van der Waals surface area (Å²) in [6.07, 6.45) is 0. The Morgan fingerprint density at radius 3 is 2.43 bits per heavy atom. The third-order valence-electron chi connectivity index (χ3n) is 3.77. The Hall–Kier alpha value is -0.470. The van der Waals surface area contributed by atoms with E-state index in [-0.39, 0.29) is 0 Å². The zero-order valence-electron chi connectivity index (χ0n) is 12.5. The van der Waals surface area contributed by atoms with E-state index in [2.05, 4.69) is 33.1 Å². The second kappa shape index (κ2) is 7.19. The molecule has 1 fully saturated rings. The van der Waals surface area contributed by atoms with Gasteiger partial charge in [0.1, 0.15) is 0 Å². The Kier molecular flexibility index (Phi) is 5.79. The fraction of sp³-hybridized carbons (Fsp3) is 0.571. The van der Waals surface area contributed by atoms with Crippen molar-refractivity contribution in [3.05, 3.63) is 28.2 Å². The SMILES string of the molecule is CCN1CCN(S(=O)(=O)c2ccc(CNC)cc2Br)CC1. The smallest absolute Gasteiger partial charge is 0.244 e. The molecule has 0 aromatic heterocycles. The van der Waals surface area contributed by atoms with Gasteiger partial charge in [0, 0.05) is 37.2 Å². The van der Waals surface area contributed by atoms with E-state index in [9.17, 15) is 8.42 Å². The van der Waals surface area contributed by atoms with Crippen LogP contribution in [0, 0.1) is 0 Å². The molecule has 7 heteroatoms. The monoisotopic (exact) mass is 375 g/mol. The lowest BCUT2D eigenvalue weighted by Gasteiger charge is -2.33. The minimum absolute atomic E-state index is 0.354. The molecule has 0 unspecified atom stereocenters. The van der Waals surface area contributed by atoms with Gasteiger partial charge in [-0.05, 0) is 47.2 Å². The summed E-state index contributed by atoms with van der Waals surface area (Å²) in [6, 6.07) is 5.42. The molecule has 1 heterocycles. The molecule has 0 bridgehead atoms. The van der Waals surface area contributed by atoms with Gasteiger partial charge in [-0.1, -0.05) is 13.0 Å². The van der Waals surface area contributed by atoms with Crippen LogP contribution in [-0.2, 0) is 16.6 Å². The van der Waals surface area contributed by atoms with Crippen molar-refractivity contribution in [2.75, 3.05) is 39.8 Å². The van der Waals surface area contributed by atoms with Crippen LogP contribution < -0.4 is 5.32 Å².